The van der Waals surface area contributed by atoms with E-state index in [1.54, 1.807) is 22.8 Å². The van der Waals surface area contributed by atoms with E-state index in [9.17, 15) is 4.79 Å². The molecule has 1 amide bonds. The zero-order valence-electron chi connectivity index (χ0n) is 9.70. The lowest BCUT2D eigenvalue weighted by Gasteiger charge is -2.13. The molecule has 2 aromatic heterocycles. The van der Waals surface area contributed by atoms with Gasteiger partial charge in [-0.15, -0.1) is 11.3 Å². The summed E-state index contributed by atoms with van der Waals surface area (Å²) < 4.78 is 5.01. The highest BCUT2D eigenvalue weighted by atomic mass is 32.1. The van der Waals surface area contributed by atoms with Gasteiger partial charge in [-0.1, -0.05) is 0 Å². The molecule has 0 aliphatic carbocycles. The predicted octanol–water partition coefficient (Wildman–Crippen LogP) is 1.58. The van der Waals surface area contributed by atoms with Crippen LogP contribution in [0.1, 0.15) is 16.9 Å². The van der Waals surface area contributed by atoms with Gasteiger partial charge in [-0.25, -0.2) is 4.98 Å². The second-order valence-electron chi connectivity index (χ2n) is 4.35. The molecule has 0 radical (unpaired) electrons. The van der Waals surface area contributed by atoms with Crippen molar-refractivity contribution in [2.45, 2.75) is 12.5 Å². The molecule has 6 heteroatoms. The number of hydrogen-bond donors (Lipinski definition) is 1. The summed E-state index contributed by atoms with van der Waals surface area (Å²) in [5, 5.41) is 2.59. The lowest BCUT2D eigenvalue weighted by atomic mass is 10.3. The highest BCUT2D eigenvalue weighted by Crippen LogP contribution is 2.25. The number of thiazole rings is 1. The molecule has 0 bridgehead atoms. The summed E-state index contributed by atoms with van der Waals surface area (Å²) in [6.07, 6.45) is 4.08. The summed E-state index contributed by atoms with van der Waals surface area (Å²) in [5.74, 6) is -0.0334. The summed E-state index contributed by atoms with van der Waals surface area (Å²) in [7, 11) is 0. The molecule has 1 fully saturated rings. The SMILES string of the molecule is N[C@@H]1CCN(C(=O)c2csc(-c3ccoc3)n2)C1. The summed E-state index contributed by atoms with van der Waals surface area (Å²) in [4.78, 5) is 18.3. The fraction of sp³-hybridized carbons (Fsp3) is 0.333. The van der Waals surface area contributed by atoms with Crippen LogP contribution in [0.2, 0.25) is 0 Å². The van der Waals surface area contributed by atoms with Crippen molar-refractivity contribution in [3.05, 3.63) is 29.7 Å². The first-order chi connectivity index (χ1) is 8.74. The molecule has 1 saturated heterocycles. The number of nitrogens with two attached hydrogens (primary N) is 1. The van der Waals surface area contributed by atoms with Gasteiger partial charge >= 0.3 is 0 Å². The van der Waals surface area contributed by atoms with Gasteiger partial charge in [-0.2, -0.15) is 0 Å². The van der Waals surface area contributed by atoms with Crippen LogP contribution in [0, 0.1) is 0 Å². The minimum atomic E-state index is -0.0334. The largest absolute Gasteiger partial charge is 0.472 e. The molecule has 0 unspecified atom stereocenters. The second kappa shape index (κ2) is 4.55. The normalized spacial score (nSPS) is 19.4. The Balaban J connectivity index is 1.79. The van der Waals surface area contributed by atoms with E-state index < -0.39 is 0 Å². The molecular formula is C12H13N3O2S. The summed E-state index contributed by atoms with van der Waals surface area (Å²) in [6, 6.07) is 1.93. The van der Waals surface area contributed by atoms with E-state index in [-0.39, 0.29) is 11.9 Å². The van der Waals surface area contributed by atoms with Crippen LogP contribution in [0.5, 0.6) is 0 Å². The van der Waals surface area contributed by atoms with Crippen LogP contribution < -0.4 is 5.73 Å². The number of furan rings is 1. The third-order valence-corrected chi connectivity index (χ3v) is 3.89. The maximum absolute atomic E-state index is 12.2. The van der Waals surface area contributed by atoms with Crippen LogP contribution in [-0.2, 0) is 0 Å². The van der Waals surface area contributed by atoms with Crippen molar-refractivity contribution in [3.8, 4) is 10.6 Å². The van der Waals surface area contributed by atoms with Crippen molar-refractivity contribution >= 4 is 17.2 Å². The highest BCUT2D eigenvalue weighted by molar-refractivity contribution is 7.13. The Morgan fingerprint density at radius 3 is 3.17 bits per heavy atom. The number of aromatic nitrogens is 1. The summed E-state index contributed by atoms with van der Waals surface area (Å²) >= 11 is 1.45. The molecule has 2 N–H and O–H groups in total. The topological polar surface area (TPSA) is 72.4 Å². The molecule has 1 aliphatic heterocycles. The van der Waals surface area contributed by atoms with Gasteiger partial charge in [-0.05, 0) is 12.5 Å². The van der Waals surface area contributed by atoms with Crippen molar-refractivity contribution in [1.29, 1.82) is 0 Å². The molecule has 0 aromatic carbocycles. The molecule has 1 aliphatic rings. The first-order valence-corrected chi connectivity index (χ1v) is 6.65. The number of rotatable bonds is 2. The quantitative estimate of drug-likeness (QED) is 0.892. The van der Waals surface area contributed by atoms with Crippen LogP contribution >= 0.6 is 11.3 Å². The zero-order chi connectivity index (χ0) is 12.5. The fourth-order valence-electron chi connectivity index (χ4n) is 2.02. The van der Waals surface area contributed by atoms with Crippen molar-refractivity contribution in [3.63, 3.8) is 0 Å². The van der Waals surface area contributed by atoms with Crippen molar-refractivity contribution in [1.82, 2.24) is 9.88 Å². The van der Waals surface area contributed by atoms with Gasteiger partial charge in [0.2, 0.25) is 0 Å². The monoisotopic (exact) mass is 263 g/mol. The van der Waals surface area contributed by atoms with Crippen molar-refractivity contribution in [2.75, 3.05) is 13.1 Å². The van der Waals surface area contributed by atoms with Crippen LogP contribution in [0.25, 0.3) is 10.6 Å². The fourth-order valence-corrected chi connectivity index (χ4v) is 2.80. The molecule has 18 heavy (non-hydrogen) atoms. The third-order valence-electron chi connectivity index (χ3n) is 3.00. The maximum atomic E-state index is 12.2. The van der Waals surface area contributed by atoms with E-state index in [1.807, 2.05) is 6.07 Å². The first kappa shape index (κ1) is 11.4. The number of nitrogens with zero attached hydrogens (tertiary/aromatic N) is 2. The Hall–Kier alpha value is -1.66. The van der Waals surface area contributed by atoms with E-state index >= 15 is 0 Å². The zero-order valence-corrected chi connectivity index (χ0v) is 10.5. The van der Waals surface area contributed by atoms with Gasteiger partial charge in [-0.3, -0.25) is 4.79 Å². The van der Waals surface area contributed by atoms with E-state index in [1.165, 1.54) is 11.3 Å². The average molecular weight is 263 g/mol. The van der Waals surface area contributed by atoms with E-state index in [0.717, 1.165) is 23.5 Å². The Bertz CT molecular complexity index is 549. The second-order valence-corrected chi connectivity index (χ2v) is 5.21. The predicted molar refractivity (Wildman–Crippen MR) is 68.3 cm³/mol. The summed E-state index contributed by atoms with van der Waals surface area (Å²) in [6.45, 7) is 1.34. The van der Waals surface area contributed by atoms with Gasteiger partial charge in [0, 0.05) is 30.1 Å². The maximum Gasteiger partial charge on any atom is 0.273 e. The smallest absolute Gasteiger partial charge is 0.273 e. The molecule has 3 heterocycles. The first-order valence-electron chi connectivity index (χ1n) is 5.77. The van der Waals surface area contributed by atoms with Gasteiger partial charge in [0.25, 0.3) is 5.91 Å². The van der Waals surface area contributed by atoms with Crippen LogP contribution in [0.4, 0.5) is 0 Å². The number of hydrogen-bond acceptors (Lipinski definition) is 5. The van der Waals surface area contributed by atoms with E-state index in [4.69, 9.17) is 10.2 Å². The Kier molecular flexibility index (Phi) is 2.89. The van der Waals surface area contributed by atoms with Gasteiger partial charge in [0.1, 0.15) is 17.0 Å². The molecule has 0 saturated carbocycles. The molecule has 3 rings (SSSR count). The third kappa shape index (κ3) is 2.04. The molecule has 1 atom stereocenters. The van der Waals surface area contributed by atoms with Crippen LogP contribution in [-0.4, -0.2) is 34.9 Å². The molecule has 0 spiro atoms. The Labute approximate surface area is 108 Å². The van der Waals surface area contributed by atoms with E-state index in [0.29, 0.717) is 12.2 Å². The van der Waals surface area contributed by atoms with Crippen LogP contribution in [0.3, 0.4) is 0 Å². The molecule has 2 aromatic rings. The highest BCUT2D eigenvalue weighted by Gasteiger charge is 2.26. The Morgan fingerprint density at radius 2 is 2.50 bits per heavy atom. The van der Waals surface area contributed by atoms with Crippen LogP contribution in [0.15, 0.2) is 28.4 Å². The number of carbonyl (C=O) groups excluding carboxylic acids is 1. The lowest BCUT2D eigenvalue weighted by Crippen LogP contribution is -2.32. The van der Waals surface area contributed by atoms with Crippen molar-refractivity contribution in [2.24, 2.45) is 5.73 Å². The Morgan fingerprint density at radius 1 is 1.61 bits per heavy atom. The molecule has 94 valence electrons. The summed E-state index contributed by atoms with van der Waals surface area (Å²) in [5.41, 5.74) is 7.19. The van der Waals surface area contributed by atoms with Gasteiger partial charge < -0.3 is 15.1 Å². The number of carbonyl (C=O) groups is 1. The standard InChI is InChI=1S/C12H13N3O2S/c13-9-1-3-15(5-9)12(16)10-7-18-11(14-10)8-2-4-17-6-8/h2,4,6-7,9H,1,3,5,13H2/t9-/m1/s1. The molecular weight excluding hydrogens is 250 g/mol. The lowest BCUT2D eigenvalue weighted by molar-refractivity contribution is 0.0786. The minimum absolute atomic E-state index is 0.0334. The van der Waals surface area contributed by atoms with Gasteiger partial charge in [0.05, 0.1) is 6.26 Å². The molecule has 5 nitrogen and oxygen atoms in total. The van der Waals surface area contributed by atoms with Gasteiger partial charge in [0.15, 0.2) is 0 Å². The minimum Gasteiger partial charge on any atom is -0.472 e. The number of amides is 1. The van der Waals surface area contributed by atoms with E-state index in [2.05, 4.69) is 4.98 Å². The average Bonchev–Trinajstić information content (AvgIpc) is 3.09. The number of likely N-dealkylation sites (tertiary alicyclic amines) is 1. The van der Waals surface area contributed by atoms with Crippen molar-refractivity contribution < 1.29 is 9.21 Å².